The second kappa shape index (κ2) is 5.82. The minimum absolute atomic E-state index is 0. The molecule has 1 nitrogen and oxygen atoms in total. The number of benzene rings is 2. The van der Waals surface area contributed by atoms with Gasteiger partial charge in [0.05, 0.1) is 5.56 Å². The molecule has 21 heavy (non-hydrogen) atoms. The lowest BCUT2D eigenvalue weighted by Crippen LogP contribution is -2.04. The normalized spacial score (nSPS) is 11.4. The van der Waals surface area contributed by atoms with Crippen molar-refractivity contribution < 1.29 is 13.2 Å². The molecule has 0 atom stereocenters. The zero-order valence-electron chi connectivity index (χ0n) is 10.8. The number of hydrogen-bond acceptors (Lipinski definition) is 0. The highest BCUT2D eigenvalue weighted by Crippen LogP contribution is 2.30. The number of halogens is 4. The largest absolute Gasteiger partial charge is 0.416 e. The standard InChI is InChI=1S/C16H11F3N.ClH/c17-16(18,19)13-7-5-11(6-8-13)9-12-10-20-15-4-2-1-3-14(12)15;/h1-10,20H;1H. The molecule has 1 heterocycles. The van der Waals surface area contributed by atoms with Crippen molar-refractivity contribution in [1.29, 1.82) is 0 Å². The van der Waals surface area contributed by atoms with Crippen molar-refractivity contribution in [1.82, 2.24) is 4.98 Å². The first-order valence-electron chi connectivity index (χ1n) is 6.12. The quantitative estimate of drug-likeness (QED) is 0.669. The third-order valence-electron chi connectivity index (χ3n) is 3.18. The maximum atomic E-state index is 12.5. The molecule has 2 aromatic carbocycles. The van der Waals surface area contributed by atoms with Gasteiger partial charge in [-0.25, -0.2) is 0 Å². The number of para-hydroxylation sites is 1. The Morgan fingerprint density at radius 2 is 1.57 bits per heavy atom. The Bertz CT molecular complexity index is 729. The summed E-state index contributed by atoms with van der Waals surface area (Å²) in [4.78, 5) is 3.13. The molecule has 0 unspecified atom stereocenters. The first-order chi connectivity index (χ1) is 9.54. The summed E-state index contributed by atoms with van der Waals surface area (Å²) < 4.78 is 37.5. The maximum absolute atomic E-state index is 12.5. The Morgan fingerprint density at radius 3 is 2.24 bits per heavy atom. The molecule has 1 N–H and O–H groups in total. The number of fused-ring (bicyclic) bond motifs is 1. The third kappa shape index (κ3) is 3.22. The van der Waals surface area contributed by atoms with Crippen molar-refractivity contribution in [3.8, 4) is 0 Å². The van der Waals surface area contributed by atoms with Crippen LogP contribution in [0.5, 0.6) is 0 Å². The van der Waals surface area contributed by atoms with E-state index in [0.29, 0.717) is 0 Å². The number of aromatic nitrogens is 1. The lowest BCUT2D eigenvalue weighted by molar-refractivity contribution is -0.137. The fourth-order valence-electron chi connectivity index (χ4n) is 2.16. The number of nitrogens with one attached hydrogen (secondary N) is 1. The number of alkyl halides is 3. The lowest BCUT2D eigenvalue weighted by Gasteiger charge is -2.07. The first-order valence-corrected chi connectivity index (χ1v) is 6.12. The molecule has 109 valence electrons. The van der Waals surface area contributed by atoms with Gasteiger partial charge in [0.1, 0.15) is 0 Å². The molecule has 3 aromatic rings. The zero-order chi connectivity index (χ0) is 14.2. The van der Waals surface area contributed by atoms with Crippen LogP contribution in [-0.2, 0) is 6.18 Å². The Kier molecular flexibility index (Phi) is 4.28. The molecule has 0 bridgehead atoms. The molecule has 5 heteroatoms. The summed E-state index contributed by atoms with van der Waals surface area (Å²) in [5.74, 6) is 0. The minimum atomic E-state index is -4.29. The van der Waals surface area contributed by atoms with Gasteiger partial charge < -0.3 is 4.98 Å². The van der Waals surface area contributed by atoms with Crippen LogP contribution in [0.2, 0.25) is 0 Å². The van der Waals surface area contributed by atoms with E-state index in [4.69, 9.17) is 0 Å². The van der Waals surface area contributed by atoms with Gasteiger partial charge in [-0.15, -0.1) is 12.4 Å². The van der Waals surface area contributed by atoms with Crippen molar-refractivity contribution in [2.45, 2.75) is 6.18 Å². The second-order valence-corrected chi connectivity index (χ2v) is 4.55. The third-order valence-corrected chi connectivity index (χ3v) is 3.18. The van der Waals surface area contributed by atoms with Crippen molar-refractivity contribution in [3.63, 3.8) is 0 Å². The monoisotopic (exact) mass is 310 g/mol. The average molecular weight is 311 g/mol. The van der Waals surface area contributed by atoms with Gasteiger partial charge in [0.15, 0.2) is 0 Å². The zero-order valence-corrected chi connectivity index (χ0v) is 11.6. The van der Waals surface area contributed by atoms with Crippen molar-refractivity contribution in [3.05, 3.63) is 77.8 Å². The second-order valence-electron chi connectivity index (χ2n) is 4.55. The Morgan fingerprint density at radius 1 is 0.905 bits per heavy atom. The molecular weight excluding hydrogens is 299 g/mol. The van der Waals surface area contributed by atoms with Crippen LogP contribution in [0.25, 0.3) is 10.9 Å². The smallest absolute Gasteiger partial charge is 0.361 e. The molecule has 3 rings (SSSR count). The van der Waals surface area contributed by atoms with Gasteiger partial charge >= 0.3 is 6.18 Å². The SMILES string of the molecule is Cl.FC(F)(F)c1ccc([CH]c2c[nH]c3ccccc23)cc1. The van der Waals surface area contributed by atoms with Crippen molar-refractivity contribution in [2.75, 3.05) is 0 Å². The molecule has 0 spiro atoms. The van der Waals surface area contributed by atoms with Gasteiger partial charge in [0.25, 0.3) is 0 Å². The molecule has 1 aromatic heterocycles. The summed E-state index contributed by atoms with van der Waals surface area (Å²) in [7, 11) is 0. The molecule has 0 aliphatic carbocycles. The number of aromatic amines is 1. The molecule has 0 saturated carbocycles. The van der Waals surface area contributed by atoms with E-state index >= 15 is 0 Å². The van der Waals surface area contributed by atoms with E-state index in [1.165, 1.54) is 12.1 Å². The van der Waals surface area contributed by atoms with Gasteiger partial charge in [0.2, 0.25) is 0 Å². The summed E-state index contributed by atoms with van der Waals surface area (Å²) in [6, 6.07) is 12.9. The van der Waals surface area contributed by atoms with E-state index < -0.39 is 11.7 Å². The number of hydrogen-bond donors (Lipinski definition) is 1. The van der Waals surface area contributed by atoms with Crippen molar-refractivity contribution in [2.24, 2.45) is 0 Å². The van der Waals surface area contributed by atoms with Crippen LogP contribution in [0.1, 0.15) is 16.7 Å². The van der Waals surface area contributed by atoms with E-state index in [0.717, 1.165) is 34.2 Å². The molecule has 0 fully saturated rings. The Balaban J connectivity index is 0.00000161. The maximum Gasteiger partial charge on any atom is 0.416 e. The van der Waals surface area contributed by atoms with Crippen LogP contribution in [0, 0.1) is 6.42 Å². The molecule has 0 aliphatic heterocycles. The fourth-order valence-corrected chi connectivity index (χ4v) is 2.16. The predicted octanol–water partition coefficient (Wildman–Crippen LogP) is 5.21. The van der Waals surface area contributed by atoms with Crippen LogP contribution in [0.15, 0.2) is 54.7 Å². The topological polar surface area (TPSA) is 15.8 Å². The van der Waals surface area contributed by atoms with Crippen LogP contribution < -0.4 is 0 Å². The summed E-state index contributed by atoms with van der Waals surface area (Å²) in [5.41, 5.74) is 2.07. The van der Waals surface area contributed by atoms with Gasteiger partial charge in [-0.2, -0.15) is 13.2 Å². The van der Waals surface area contributed by atoms with Gasteiger partial charge in [-0.3, -0.25) is 0 Å². The number of H-pyrrole nitrogens is 1. The highest BCUT2D eigenvalue weighted by atomic mass is 35.5. The molecule has 0 aliphatic rings. The summed E-state index contributed by atoms with van der Waals surface area (Å²) in [5, 5.41) is 1.05. The molecular formula is C16H12ClF3N. The van der Waals surface area contributed by atoms with Crippen molar-refractivity contribution >= 4 is 23.3 Å². The molecule has 0 amide bonds. The summed E-state index contributed by atoms with van der Waals surface area (Å²) >= 11 is 0. The molecule has 1 radical (unpaired) electrons. The van der Waals surface area contributed by atoms with E-state index in [1.54, 1.807) is 0 Å². The average Bonchev–Trinajstić information content (AvgIpc) is 2.82. The lowest BCUT2D eigenvalue weighted by atomic mass is 10.0. The van der Waals surface area contributed by atoms with E-state index in [1.807, 2.05) is 36.9 Å². The van der Waals surface area contributed by atoms with Gasteiger partial charge in [-0.05, 0) is 29.3 Å². The predicted molar refractivity (Wildman–Crippen MR) is 79.5 cm³/mol. The summed E-state index contributed by atoms with van der Waals surface area (Å²) in [6.45, 7) is 0. The van der Waals surface area contributed by atoms with E-state index in [-0.39, 0.29) is 12.4 Å². The van der Waals surface area contributed by atoms with Gasteiger partial charge in [0, 0.05) is 23.5 Å². The minimum Gasteiger partial charge on any atom is -0.361 e. The fraction of sp³-hybridized carbons (Fsp3) is 0.0625. The highest BCUT2D eigenvalue weighted by molar-refractivity contribution is 5.85. The molecule has 0 saturated heterocycles. The van der Waals surface area contributed by atoms with Crippen LogP contribution in [0.3, 0.4) is 0 Å². The van der Waals surface area contributed by atoms with E-state index in [9.17, 15) is 13.2 Å². The first kappa shape index (κ1) is 15.4. The van der Waals surface area contributed by atoms with Crippen LogP contribution in [-0.4, -0.2) is 4.98 Å². The number of rotatable bonds is 2. The summed E-state index contributed by atoms with van der Waals surface area (Å²) in [6.07, 6.45) is -0.583. The van der Waals surface area contributed by atoms with E-state index in [2.05, 4.69) is 4.98 Å². The van der Waals surface area contributed by atoms with Crippen LogP contribution >= 0.6 is 12.4 Å². The van der Waals surface area contributed by atoms with Crippen LogP contribution in [0.4, 0.5) is 13.2 Å². The highest BCUT2D eigenvalue weighted by Gasteiger charge is 2.29. The van der Waals surface area contributed by atoms with Gasteiger partial charge in [-0.1, -0.05) is 30.3 Å². The Labute approximate surface area is 126 Å². The Hall–Kier alpha value is -1.94.